The van der Waals surface area contributed by atoms with Crippen molar-refractivity contribution in [1.29, 1.82) is 0 Å². The van der Waals surface area contributed by atoms with E-state index < -0.39 is 0 Å². The second kappa shape index (κ2) is 4.41. The highest BCUT2D eigenvalue weighted by atomic mass is 32.1. The zero-order chi connectivity index (χ0) is 10.8. The molecule has 4 heteroatoms. The zero-order valence-electron chi connectivity index (χ0n) is 9.19. The lowest BCUT2D eigenvalue weighted by molar-refractivity contribution is -0.116. The van der Waals surface area contributed by atoms with Crippen LogP contribution in [-0.2, 0) is 11.2 Å². The highest BCUT2D eigenvalue weighted by Gasteiger charge is 2.23. The number of ketones is 1. The van der Waals surface area contributed by atoms with E-state index in [2.05, 4.69) is 16.9 Å². The summed E-state index contributed by atoms with van der Waals surface area (Å²) in [5, 5.41) is 1.20. The van der Waals surface area contributed by atoms with Crippen molar-refractivity contribution in [3.05, 3.63) is 16.1 Å². The van der Waals surface area contributed by atoms with Gasteiger partial charge in [0.2, 0.25) is 0 Å². The van der Waals surface area contributed by atoms with Crippen LogP contribution in [0, 0.1) is 0 Å². The monoisotopic (exact) mass is 224 g/mol. The third-order valence-corrected chi connectivity index (χ3v) is 3.90. The van der Waals surface area contributed by atoms with Crippen molar-refractivity contribution < 1.29 is 4.79 Å². The summed E-state index contributed by atoms with van der Waals surface area (Å²) in [6, 6.07) is 0. The fourth-order valence-corrected chi connectivity index (χ4v) is 3.09. The standard InChI is InChI=1S/C11H16N2OS/c1-8(14)5-10-6-12-11(15-10)9-3-4-13(2)7-9/h6,9H,3-5,7H2,1-2H3. The van der Waals surface area contributed by atoms with Crippen molar-refractivity contribution in [2.24, 2.45) is 0 Å². The summed E-state index contributed by atoms with van der Waals surface area (Å²) in [4.78, 5) is 18.8. The number of rotatable bonds is 3. The summed E-state index contributed by atoms with van der Waals surface area (Å²) in [6.45, 7) is 3.89. The SMILES string of the molecule is CC(=O)Cc1cnc(C2CCN(C)C2)s1. The quantitative estimate of drug-likeness (QED) is 0.783. The maximum Gasteiger partial charge on any atom is 0.135 e. The van der Waals surface area contributed by atoms with E-state index in [9.17, 15) is 4.79 Å². The molecule has 0 amide bonds. The normalized spacial score (nSPS) is 22.1. The molecule has 0 bridgehead atoms. The summed E-state index contributed by atoms with van der Waals surface area (Å²) in [5.41, 5.74) is 0. The molecule has 1 aromatic rings. The Kier molecular flexibility index (Phi) is 3.17. The minimum Gasteiger partial charge on any atom is -0.306 e. The molecule has 1 aromatic heterocycles. The van der Waals surface area contributed by atoms with Gasteiger partial charge in [-0.25, -0.2) is 4.98 Å². The van der Waals surface area contributed by atoms with Gasteiger partial charge < -0.3 is 4.90 Å². The molecular formula is C11H16N2OS. The molecule has 1 saturated heterocycles. The van der Waals surface area contributed by atoms with Gasteiger partial charge in [0.25, 0.3) is 0 Å². The number of Topliss-reactive ketones (excluding diaryl/α,β-unsaturated/α-hetero) is 1. The van der Waals surface area contributed by atoms with E-state index in [-0.39, 0.29) is 5.78 Å². The van der Waals surface area contributed by atoms with Gasteiger partial charge >= 0.3 is 0 Å². The number of carbonyl (C=O) groups excluding carboxylic acids is 1. The predicted molar refractivity (Wildman–Crippen MR) is 61.4 cm³/mol. The average Bonchev–Trinajstić information content (AvgIpc) is 2.72. The first kappa shape index (κ1) is 10.8. The number of aromatic nitrogens is 1. The molecule has 82 valence electrons. The second-order valence-corrected chi connectivity index (χ2v) is 5.44. The van der Waals surface area contributed by atoms with E-state index in [1.807, 2.05) is 6.20 Å². The van der Waals surface area contributed by atoms with Gasteiger partial charge in [-0.2, -0.15) is 0 Å². The molecule has 1 atom stereocenters. The molecular weight excluding hydrogens is 208 g/mol. The number of nitrogens with zero attached hydrogens (tertiary/aromatic N) is 2. The van der Waals surface area contributed by atoms with Crippen LogP contribution in [0.2, 0.25) is 0 Å². The van der Waals surface area contributed by atoms with E-state index in [1.54, 1.807) is 18.3 Å². The first-order valence-electron chi connectivity index (χ1n) is 5.27. The van der Waals surface area contributed by atoms with Crippen molar-refractivity contribution in [3.8, 4) is 0 Å². The summed E-state index contributed by atoms with van der Waals surface area (Å²) in [7, 11) is 2.14. The second-order valence-electron chi connectivity index (χ2n) is 4.29. The number of thiazole rings is 1. The maximum atomic E-state index is 11.0. The van der Waals surface area contributed by atoms with Gasteiger partial charge in [-0.1, -0.05) is 0 Å². The van der Waals surface area contributed by atoms with E-state index >= 15 is 0 Å². The van der Waals surface area contributed by atoms with Crippen LogP contribution in [0.5, 0.6) is 0 Å². The van der Waals surface area contributed by atoms with Crippen molar-refractivity contribution in [3.63, 3.8) is 0 Å². The van der Waals surface area contributed by atoms with Crippen LogP contribution in [0.3, 0.4) is 0 Å². The zero-order valence-corrected chi connectivity index (χ0v) is 10.0. The van der Waals surface area contributed by atoms with Gasteiger partial charge in [0, 0.05) is 30.0 Å². The van der Waals surface area contributed by atoms with Crippen LogP contribution in [0.1, 0.15) is 29.1 Å². The van der Waals surface area contributed by atoms with E-state index in [4.69, 9.17) is 0 Å². The fraction of sp³-hybridized carbons (Fsp3) is 0.636. The predicted octanol–water partition coefficient (Wildman–Crippen LogP) is 1.69. The average molecular weight is 224 g/mol. The van der Waals surface area contributed by atoms with Crippen LogP contribution in [0.25, 0.3) is 0 Å². The molecule has 1 aliphatic heterocycles. The van der Waals surface area contributed by atoms with E-state index in [0.29, 0.717) is 12.3 Å². The lowest BCUT2D eigenvalue weighted by Gasteiger charge is -2.06. The Hall–Kier alpha value is -0.740. The Labute approximate surface area is 94.1 Å². The van der Waals surface area contributed by atoms with Crippen molar-refractivity contribution >= 4 is 17.1 Å². The summed E-state index contributed by atoms with van der Waals surface area (Å²) < 4.78 is 0. The summed E-state index contributed by atoms with van der Waals surface area (Å²) >= 11 is 1.70. The van der Waals surface area contributed by atoms with E-state index in [0.717, 1.165) is 18.0 Å². The number of carbonyl (C=O) groups is 1. The van der Waals surface area contributed by atoms with Gasteiger partial charge in [-0.05, 0) is 26.9 Å². The largest absolute Gasteiger partial charge is 0.306 e. The summed E-state index contributed by atoms with van der Waals surface area (Å²) in [5.74, 6) is 0.800. The van der Waals surface area contributed by atoms with Crippen LogP contribution >= 0.6 is 11.3 Å². The molecule has 0 aliphatic carbocycles. The highest BCUT2D eigenvalue weighted by Crippen LogP contribution is 2.29. The minimum atomic E-state index is 0.216. The lowest BCUT2D eigenvalue weighted by Crippen LogP contribution is -2.13. The van der Waals surface area contributed by atoms with Gasteiger partial charge in [0.05, 0.1) is 5.01 Å². The molecule has 1 fully saturated rings. The van der Waals surface area contributed by atoms with Crippen molar-refractivity contribution in [1.82, 2.24) is 9.88 Å². The molecule has 3 nitrogen and oxygen atoms in total. The third kappa shape index (κ3) is 2.63. The Morgan fingerprint density at radius 2 is 2.53 bits per heavy atom. The minimum absolute atomic E-state index is 0.216. The molecule has 0 saturated carbocycles. The van der Waals surface area contributed by atoms with Gasteiger partial charge in [0.15, 0.2) is 0 Å². The number of hydrogen-bond acceptors (Lipinski definition) is 4. The Morgan fingerprint density at radius 3 is 3.13 bits per heavy atom. The van der Waals surface area contributed by atoms with Crippen LogP contribution in [0.15, 0.2) is 6.20 Å². The van der Waals surface area contributed by atoms with Crippen molar-refractivity contribution in [2.45, 2.75) is 25.7 Å². The molecule has 2 rings (SSSR count). The lowest BCUT2D eigenvalue weighted by atomic mass is 10.1. The van der Waals surface area contributed by atoms with Crippen LogP contribution in [0.4, 0.5) is 0 Å². The van der Waals surface area contributed by atoms with Crippen molar-refractivity contribution in [2.75, 3.05) is 20.1 Å². The van der Waals surface area contributed by atoms with Crippen LogP contribution < -0.4 is 0 Å². The topological polar surface area (TPSA) is 33.2 Å². The summed E-state index contributed by atoms with van der Waals surface area (Å²) in [6.07, 6.45) is 3.60. The Bertz CT molecular complexity index is 361. The highest BCUT2D eigenvalue weighted by molar-refractivity contribution is 7.11. The molecule has 1 unspecified atom stereocenters. The maximum absolute atomic E-state index is 11.0. The molecule has 0 aromatic carbocycles. The Balaban J connectivity index is 2.03. The number of hydrogen-bond donors (Lipinski definition) is 0. The third-order valence-electron chi connectivity index (χ3n) is 2.74. The fourth-order valence-electron chi connectivity index (χ4n) is 1.98. The Morgan fingerprint density at radius 1 is 1.73 bits per heavy atom. The molecule has 0 N–H and O–H groups in total. The smallest absolute Gasteiger partial charge is 0.135 e. The molecule has 2 heterocycles. The van der Waals surface area contributed by atoms with E-state index in [1.165, 1.54) is 11.4 Å². The number of likely N-dealkylation sites (tertiary alicyclic amines) is 1. The molecule has 0 spiro atoms. The first-order chi connectivity index (χ1) is 7.15. The first-order valence-corrected chi connectivity index (χ1v) is 6.09. The number of likely N-dealkylation sites (N-methyl/N-ethyl adjacent to an activating group) is 1. The van der Waals surface area contributed by atoms with Gasteiger partial charge in [-0.3, -0.25) is 4.79 Å². The molecule has 1 aliphatic rings. The molecule has 15 heavy (non-hydrogen) atoms. The van der Waals surface area contributed by atoms with Gasteiger partial charge in [-0.15, -0.1) is 11.3 Å². The van der Waals surface area contributed by atoms with Crippen LogP contribution in [-0.4, -0.2) is 35.8 Å². The van der Waals surface area contributed by atoms with Gasteiger partial charge in [0.1, 0.15) is 5.78 Å². The molecule has 0 radical (unpaired) electrons.